The lowest BCUT2D eigenvalue weighted by atomic mass is 10.1. The molecule has 2 atom stereocenters. The second kappa shape index (κ2) is 5.56. The van der Waals surface area contributed by atoms with Crippen LogP contribution in [0, 0.1) is 5.92 Å². The van der Waals surface area contributed by atoms with Crippen LogP contribution in [0.3, 0.4) is 0 Å². The van der Waals surface area contributed by atoms with Crippen LogP contribution in [-0.2, 0) is 4.74 Å². The Labute approximate surface area is 70.1 Å². The fourth-order valence-electron chi connectivity index (χ4n) is 1.05. The summed E-state index contributed by atoms with van der Waals surface area (Å²) in [5.74, 6) is 0.707. The highest BCUT2D eigenvalue weighted by atomic mass is 16.5. The maximum Gasteiger partial charge on any atom is 0.0618 e. The molecule has 2 heteroatoms. The van der Waals surface area contributed by atoms with Crippen LogP contribution in [0.2, 0.25) is 0 Å². The van der Waals surface area contributed by atoms with E-state index in [9.17, 15) is 0 Å². The van der Waals surface area contributed by atoms with Crippen LogP contribution in [0.1, 0.15) is 34.1 Å². The van der Waals surface area contributed by atoms with Crippen molar-refractivity contribution in [3.05, 3.63) is 0 Å². The molecule has 2 nitrogen and oxygen atoms in total. The molecule has 0 radical (unpaired) electrons. The predicted octanol–water partition coefficient (Wildman–Crippen LogP) is 1.78. The van der Waals surface area contributed by atoms with Gasteiger partial charge in [-0.05, 0) is 26.2 Å². The van der Waals surface area contributed by atoms with Crippen molar-refractivity contribution in [1.29, 1.82) is 0 Å². The summed E-state index contributed by atoms with van der Waals surface area (Å²) in [5, 5.41) is 0. The Morgan fingerprint density at radius 2 is 1.73 bits per heavy atom. The Morgan fingerprint density at radius 1 is 1.18 bits per heavy atom. The van der Waals surface area contributed by atoms with Gasteiger partial charge >= 0.3 is 0 Å². The van der Waals surface area contributed by atoms with Crippen LogP contribution in [0.15, 0.2) is 0 Å². The summed E-state index contributed by atoms with van der Waals surface area (Å²) in [6, 6.07) is 0.157. The average molecular weight is 159 g/mol. The van der Waals surface area contributed by atoms with Crippen LogP contribution < -0.4 is 5.73 Å². The van der Waals surface area contributed by atoms with Crippen molar-refractivity contribution in [3.63, 3.8) is 0 Å². The summed E-state index contributed by atoms with van der Waals surface area (Å²) in [7, 11) is 0. The number of hydrogen-bond acceptors (Lipinski definition) is 2. The maximum absolute atomic E-state index is 5.55. The molecule has 0 saturated carbocycles. The number of hydrogen-bond donors (Lipinski definition) is 1. The molecule has 0 bridgehead atoms. The monoisotopic (exact) mass is 159 g/mol. The summed E-state index contributed by atoms with van der Waals surface area (Å²) < 4.78 is 5.49. The topological polar surface area (TPSA) is 35.2 Å². The van der Waals surface area contributed by atoms with Crippen molar-refractivity contribution in [2.24, 2.45) is 11.7 Å². The van der Waals surface area contributed by atoms with Crippen LogP contribution in [0.5, 0.6) is 0 Å². The van der Waals surface area contributed by atoms with E-state index < -0.39 is 0 Å². The molecule has 2 N–H and O–H groups in total. The third-order valence-corrected chi connectivity index (χ3v) is 1.45. The maximum atomic E-state index is 5.55. The van der Waals surface area contributed by atoms with Crippen LogP contribution in [0.25, 0.3) is 0 Å². The first-order valence-electron chi connectivity index (χ1n) is 4.39. The van der Waals surface area contributed by atoms with E-state index >= 15 is 0 Å². The van der Waals surface area contributed by atoms with Gasteiger partial charge in [-0.3, -0.25) is 0 Å². The molecule has 0 aliphatic heterocycles. The average Bonchev–Trinajstić information content (AvgIpc) is 1.82. The Balaban J connectivity index is 3.29. The van der Waals surface area contributed by atoms with E-state index in [1.165, 1.54) is 0 Å². The van der Waals surface area contributed by atoms with E-state index in [2.05, 4.69) is 20.8 Å². The fraction of sp³-hybridized carbons (Fsp3) is 1.00. The molecule has 11 heavy (non-hydrogen) atoms. The molecule has 0 amide bonds. The molecule has 0 aromatic carbocycles. The zero-order chi connectivity index (χ0) is 8.85. The zero-order valence-electron chi connectivity index (χ0n) is 8.13. The molecule has 0 aliphatic rings. The normalized spacial score (nSPS) is 16.9. The third kappa shape index (κ3) is 7.82. The Bertz CT molecular complexity index is 91.6. The molecule has 0 aliphatic carbocycles. The second-order valence-electron chi connectivity index (χ2n) is 3.75. The molecule has 0 heterocycles. The number of nitrogens with two attached hydrogens (primary N) is 1. The molecule has 1 unspecified atom stereocenters. The van der Waals surface area contributed by atoms with Gasteiger partial charge in [-0.2, -0.15) is 0 Å². The lowest BCUT2D eigenvalue weighted by Gasteiger charge is -2.16. The van der Waals surface area contributed by atoms with Gasteiger partial charge in [-0.15, -0.1) is 0 Å². The molecule has 0 aromatic rings. The molecule has 0 rings (SSSR count). The fourth-order valence-corrected chi connectivity index (χ4v) is 1.05. The summed E-state index contributed by atoms with van der Waals surface area (Å²) in [6.45, 7) is 9.13. The number of ether oxygens (including phenoxy) is 1. The lowest BCUT2D eigenvalue weighted by molar-refractivity contribution is 0.0456. The van der Waals surface area contributed by atoms with E-state index in [0.717, 1.165) is 6.42 Å². The molecule has 0 fully saturated rings. The highest BCUT2D eigenvalue weighted by molar-refractivity contribution is 4.56. The van der Waals surface area contributed by atoms with Crippen molar-refractivity contribution in [3.8, 4) is 0 Å². The number of rotatable bonds is 5. The van der Waals surface area contributed by atoms with Crippen molar-refractivity contribution in [2.75, 3.05) is 6.61 Å². The van der Waals surface area contributed by atoms with Gasteiger partial charge in [0, 0.05) is 6.04 Å². The van der Waals surface area contributed by atoms with Gasteiger partial charge < -0.3 is 10.5 Å². The van der Waals surface area contributed by atoms with Crippen molar-refractivity contribution in [2.45, 2.75) is 46.3 Å². The Hall–Kier alpha value is -0.0800. The SMILES string of the molecule is CC(C)CC(C)OC[C@@H](C)N. The summed E-state index contributed by atoms with van der Waals surface area (Å²) in [6.07, 6.45) is 1.47. The first kappa shape index (κ1) is 10.9. The molecule has 0 saturated heterocycles. The molecular weight excluding hydrogens is 138 g/mol. The molecular formula is C9H21NO. The minimum absolute atomic E-state index is 0.157. The highest BCUT2D eigenvalue weighted by Gasteiger charge is 2.05. The van der Waals surface area contributed by atoms with Crippen LogP contribution in [0.4, 0.5) is 0 Å². The Morgan fingerprint density at radius 3 is 2.09 bits per heavy atom. The minimum Gasteiger partial charge on any atom is -0.377 e. The van der Waals surface area contributed by atoms with E-state index in [0.29, 0.717) is 18.6 Å². The van der Waals surface area contributed by atoms with Crippen molar-refractivity contribution in [1.82, 2.24) is 0 Å². The van der Waals surface area contributed by atoms with Crippen molar-refractivity contribution >= 4 is 0 Å². The van der Waals surface area contributed by atoms with E-state index in [4.69, 9.17) is 10.5 Å². The first-order valence-corrected chi connectivity index (χ1v) is 4.39. The van der Waals surface area contributed by atoms with Gasteiger partial charge in [0.25, 0.3) is 0 Å². The van der Waals surface area contributed by atoms with Gasteiger partial charge in [-0.1, -0.05) is 13.8 Å². The lowest BCUT2D eigenvalue weighted by Crippen LogP contribution is -2.25. The smallest absolute Gasteiger partial charge is 0.0618 e. The van der Waals surface area contributed by atoms with Gasteiger partial charge in [0.15, 0.2) is 0 Å². The largest absolute Gasteiger partial charge is 0.377 e. The molecule has 68 valence electrons. The van der Waals surface area contributed by atoms with Gasteiger partial charge in [0.2, 0.25) is 0 Å². The van der Waals surface area contributed by atoms with Gasteiger partial charge in [0.05, 0.1) is 12.7 Å². The van der Waals surface area contributed by atoms with Crippen LogP contribution >= 0.6 is 0 Å². The quantitative estimate of drug-likeness (QED) is 0.663. The van der Waals surface area contributed by atoms with Gasteiger partial charge in [-0.25, -0.2) is 0 Å². The summed E-state index contributed by atoms with van der Waals surface area (Å²) in [5.41, 5.74) is 5.55. The summed E-state index contributed by atoms with van der Waals surface area (Å²) in [4.78, 5) is 0. The summed E-state index contributed by atoms with van der Waals surface area (Å²) >= 11 is 0. The molecule has 0 aromatic heterocycles. The van der Waals surface area contributed by atoms with E-state index in [-0.39, 0.29) is 6.04 Å². The standard InChI is InChI=1S/C9H21NO/c1-7(2)5-9(4)11-6-8(3)10/h7-9H,5-6,10H2,1-4H3/t8-,9?/m1/s1. The zero-order valence-corrected chi connectivity index (χ0v) is 8.13. The Kier molecular flexibility index (Phi) is 5.51. The molecule has 0 spiro atoms. The van der Waals surface area contributed by atoms with Gasteiger partial charge in [0.1, 0.15) is 0 Å². The third-order valence-electron chi connectivity index (χ3n) is 1.45. The predicted molar refractivity (Wildman–Crippen MR) is 48.5 cm³/mol. The van der Waals surface area contributed by atoms with E-state index in [1.807, 2.05) is 6.92 Å². The second-order valence-corrected chi connectivity index (χ2v) is 3.75. The van der Waals surface area contributed by atoms with E-state index in [1.54, 1.807) is 0 Å². The van der Waals surface area contributed by atoms with Crippen molar-refractivity contribution < 1.29 is 4.74 Å². The highest BCUT2D eigenvalue weighted by Crippen LogP contribution is 2.07. The first-order chi connectivity index (χ1) is 5.02. The van der Waals surface area contributed by atoms with Crippen LogP contribution in [-0.4, -0.2) is 18.8 Å². The minimum atomic E-state index is 0.157.